The van der Waals surface area contributed by atoms with Gasteiger partial charge in [-0.1, -0.05) is 23.2 Å². The molecule has 3 heterocycles. The number of hydrogen-bond acceptors (Lipinski definition) is 6. The van der Waals surface area contributed by atoms with Crippen LogP contribution in [0.25, 0.3) is 21.5 Å². The molecule has 0 bridgehead atoms. The second-order valence-corrected chi connectivity index (χ2v) is 8.91. The Morgan fingerprint density at radius 2 is 2.03 bits per heavy atom. The molecule has 3 aromatic heterocycles. The number of fused-ring (bicyclic) bond motifs is 1. The lowest BCUT2D eigenvalue weighted by atomic mass is 10.2. The topological polar surface area (TPSA) is 89.3 Å². The molecule has 0 fully saturated rings. The maximum Gasteiger partial charge on any atom is 0.349 e. The normalized spacial score (nSPS) is 11.1. The van der Waals surface area contributed by atoms with Gasteiger partial charge in [0.15, 0.2) is 4.88 Å². The van der Waals surface area contributed by atoms with Crippen LogP contribution in [-0.4, -0.2) is 38.8 Å². The zero-order valence-corrected chi connectivity index (χ0v) is 19.7. The van der Waals surface area contributed by atoms with E-state index >= 15 is 0 Å². The first kappa shape index (κ1) is 22.4. The molecule has 7 nitrogen and oxygen atoms in total. The fourth-order valence-electron chi connectivity index (χ4n) is 3.51. The van der Waals surface area contributed by atoms with Crippen LogP contribution in [0.5, 0.6) is 5.75 Å². The number of carbonyl (C=O) groups is 1. The molecule has 2 N–H and O–H groups in total. The van der Waals surface area contributed by atoms with Crippen LogP contribution in [0.15, 0.2) is 36.7 Å². The molecule has 4 rings (SSSR count). The maximum absolute atomic E-state index is 11.5. The average molecular weight is 491 g/mol. The Kier molecular flexibility index (Phi) is 6.55. The molecule has 0 aliphatic heterocycles. The summed E-state index contributed by atoms with van der Waals surface area (Å²) in [6, 6.07) is 9.19. The second kappa shape index (κ2) is 9.36. The van der Waals surface area contributed by atoms with Crippen molar-refractivity contribution < 1.29 is 14.6 Å². The van der Waals surface area contributed by atoms with Gasteiger partial charge in [0.1, 0.15) is 17.9 Å². The Morgan fingerprint density at radius 3 is 2.78 bits per heavy atom. The summed E-state index contributed by atoms with van der Waals surface area (Å²) in [5.41, 5.74) is 2.69. The molecule has 0 saturated carbocycles. The summed E-state index contributed by atoms with van der Waals surface area (Å²) in [4.78, 5) is 20.9. The number of benzene rings is 1. The molecule has 0 aliphatic rings. The number of rotatable bonds is 8. The van der Waals surface area contributed by atoms with Gasteiger partial charge >= 0.3 is 5.97 Å². The number of carboxylic acids is 1. The Morgan fingerprint density at radius 1 is 1.22 bits per heavy atom. The lowest BCUT2D eigenvalue weighted by Crippen LogP contribution is -2.12. The molecular formula is C22H20Cl2N4O3S. The van der Waals surface area contributed by atoms with E-state index in [1.165, 1.54) is 6.33 Å². The number of ether oxygens (including phenoxy) is 1. The van der Waals surface area contributed by atoms with E-state index in [-0.39, 0.29) is 4.88 Å². The van der Waals surface area contributed by atoms with Crippen LogP contribution in [0, 0.1) is 6.92 Å². The molecule has 0 radical (unpaired) electrons. The van der Waals surface area contributed by atoms with E-state index in [4.69, 9.17) is 27.9 Å². The van der Waals surface area contributed by atoms with Crippen molar-refractivity contribution in [3.8, 4) is 16.3 Å². The van der Waals surface area contributed by atoms with Crippen LogP contribution in [-0.2, 0) is 6.54 Å². The fraction of sp³-hybridized carbons (Fsp3) is 0.227. The molecule has 0 spiro atoms. The third-order valence-corrected chi connectivity index (χ3v) is 6.55. The predicted octanol–water partition coefficient (Wildman–Crippen LogP) is 5.98. The first-order chi connectivity index (χ1) is 15.4. The van der Waals surface area contributed by atoms with E-state index in [0.29, 0.717) is 51.9 Å². The number of aromatic nitrogens is 3. The number of hydrogen-bond donors (Lipinski definition) is 2. The molecule has 0 amide bonds. The van der Waals surface area contributed by atoms with Crippen molar-refractivity contribution >= 4 is 57.2 Å². The highest BCUT2D eigenvalue weighted by Crippen LogP contribution is 2.36. The van der Waals surface area contributed by atoms with E-state index in [9.17, 15) is 9.90 Å². The van der Waals surface area contributed by atoms with Gasteiger partial charge in [-0.2, -0.15) is 0 Å². The summed E-state index contributed by atoms with van der Waals surface area (Å²) in [5, 5.41) is 14.9. The van der Waals surface area contributed by atoms with Crippen LogP contribution in [0.3, 0.4) is 0 Å². The molecule has 0 unspecified atom stereocenters. The van der Waals surface area contributed by atoms with Crippen LogP contribution in [0.1, 0.15) is 22.3 Å². The third-order valence-electron chi connectivity index (χ3n) is 4.90. The van der Waals surface area contributed by atoms with Crippen molar-refractivity contribution in [3.63, 3.8) is 0 Å². The number of halogens is 2. The van der Waals surface area contributed by atoms with Gasteiger partial charge in [0.25, 0.3) is 0 Å². The Balaban J connectivity index is 1.51. The summed E-state index contributed by atoms with van der Waals surface area (Å²) in [7, 11) is 0. The van der Waals surface area contributed by atoms with Crippen molar-refractivity contribution in [2.24, 2.45) is 0 Å². The number of carboxylic acid groups (broad SMARTS) is 1. The summed E-state index contributed by atoms with van der Waals surface area (Å²) >= 11 is 13.6. The van der Waals surface area contributed by atoms with Gasteiger partial charge in [0, 0.05) is 41.3 Å². The van der Waals surface area contributed by atoms with Crippen molar-refractivity contribution in [3.05, 3.63) is 57.3 Å². The molecule has 32 heavy (non-hydrogen) atoms. The van der Waals surface area contributed by atoms with Crippen LogP contribution < -0.4 is 10.1 Å². The minimum absolute atomic E-state index is 0.155. The number of thiophene rings is 1. The fourth-order valence-corrected chi connectivity index (χ4v) is 4.95. The molecular weight excluding hydrogens is 471 g/mol. The standard InChI is InChI=1S/C22H20Cl2N4O3S/c1-3-31-18-10-19(32-21(18)22(29)30)16-9-20(27-11-26-16)25-4-5-28-12(2)6-14-15(24)7-13(23)8-17(14)28/h6-11H,3-5H2,1-2H3,(H,29,30)(H,25,26,27). The molecule has 0 saturated heterocycles. The predicted molar refractivity (Wildman–Crippen MR) is 129 cm³/mol. The monoisotopic (exact) mass is 490 g/mol. The van der Waals surface area contributed by atoms with Gasteiger partial charge in [-0.15, -0.1) is 11.3 Å². The number of aromatic carboxylic acids is 1. The largest absolute Gasteiger partial charge is 0.492 e. The summed E-state index contributed by atoms with van der Waals surface area (Å²) < 4.78 is 7.60. The lowest BCUT2D eigenvalue weighted by molar-refractivity contribution is 0.0698. The van der Waals surface area contributed by atoms with Gasteiger partial charge in [0.2, 0.25) is 0 Å². The Bertz CT molecular complexity index is 1300. The molecule has 0 atom stereocenters. The number of nitrogens with zero attached hydrogens (tertiary/aromatic N) is 3. The zero-order chi connectivity index (χ0) is 22.8. The second-order valence-electron chi connectivity index (χ2n) is 7.02. The first-order valence-electron chi connectivity index (χ1n) is 9.88. The Hall–Kier alpha value is -2.81. The molecule has 4 aromatic rings. The van der Waals surface area contributed by atoms with E-state index in [0.717, 1.165) is 27.9 Å². The Labute approximate surface area is 198 Å². The van der Waals surface area contributed by atoms with Crippen LogP contribution in [0.4, 0.5) is 5.82 Å². The highest BCUT2D eigenvalue weighted by atomic mass is 35.5. The maximum atomic E-state index is 11.5. The van der Waals surface area contributed by atoms with Crippen LogP contribution in [0.2, 0.25) is 10.0 Å². The number of aryl methyl sites for hydroxylation is 1. The third kappa shape index (κ3) is 4.53. The lowest BCUT2D eigenvalue weighted by Gasteiger charge is -2.11. The summed E-state index contributed by atoms with van der Waals surface area (Å²) in [5.74, 6) is -0.0320. The highest BCUT2D eigenvalue weighted by Gasteiger charge is 2.18. The van der Waals surface area contributed by atoms with Crippen molar-refractivity contribution in [1.82, 2.24) is 14.5 Å². The zero-order valence-electron chi connectivity index (χ0n) is 17.4. The van der Waals surface area contributed by atoms with Gasteiger partial charge in [-0.05, 0) is 32.0 Å². The van der Waals surface area contributed by atoms with E-state index in [1.54, 1.807) is 18.2 Å². The summed E-state index contributed by atoms with van der Waals surface area (Å²) in [6.45, 7) is 5.52. The van der Waals surface area contributed by atoms with Crippen molar-refractivity contribution in [1.29, 1.82) is 0 Å². The van der Waals surface area contributed by atoms with E-state index in [2.05, 4.69) is 19.9 Å². The minimum atomic E-state index is -1.02. The van der Waals surface area contributed by atoms with Crippen LogP contribution >= 0.6 is 34.5 Å². The average Bonchev–Trinajstić information content (AvgIpc) is 3.31. The van der Waals surface area contributed by atoms with E-state index in [1.807, 2.05) is 26.0 Å². The summed E-state index contributed by atoms with van der Waals surface area (Å²) in [6.07, 6.45) is 1.45. The molecule has 1 aromatic carbocycles. The van der Waals surface area contributed by atoms with E-state index < -0.39 is 5.97 Å². The quantitative estimate of drug-likeness (QED) is 0.315. The van der Waals surface area contributed by atoms with Gasteiger partial charge in [-0.3, -0.25) is 0 Å². The van der Waals surface area contributed by atoms with Crippen molar-refractivity contribution in [2.45, 2.75) is 20.4 Å². The van der Waals surface area contributed by atoms with Crippen molar-refractivity contribution in [2.75, 3.05) is 18.5 Å². The van der Waals surface area contributed by atoms with Gasteiger partial charge in [0.05, 0.1) is 27.7 Å². The highest BCUT2D eigenvalue weighted by molar-refractivity contribution is 7.17. The minimum Gasteiger partial charge on any atom is -0.492 e. The van der Waals surface area contributed by atoms with Gasteiger partial charge < -0.3 is 19.7 Å². The SMILES string of the molecule is CCOc1cc(-c2cc(NCCn3c(C)cc4c(Cl)cc(Cl)cc43)ncn2)sc1C(=O)O. The molecule has 10 heteroatoms. The molecule has 166 valence electrons. The smallest absolute Gasteiger partial charge is 0.349 e. The van der Waals surface area contributed by atoms with Gasteiger partial charge in [-0.25, -0.2) is 14.8 Å². The number of nitrogens with one attached hydrogen (secondary N) is 1. The molecule has 0 aliphatic carbocycles. The number of anilines is 1. The first-order valence-corrected chi connectivity index (χ1v) is 11.5.